The van der Waals surface area contributed by atoms with Crippen molar-refractivity contribution in [3.63, 3.8) is 0 Å². The summed E-state index contributed by atoms with van der Waals surface area (Å²) in [5, 5.41) is 10.5. The molecule has 1 saturated carbocycles. The molecule has 1 aliphatic rings. The third kappa shape index (κ3) is 5.77. The fourth-order valence-electron chi connectivity index (χ4n) is 2.42. The van der Waals surface area contributed by atoms with E-state index in [1.54, 1.807) is 0 Å². The Balaban J connectivity index is 2.29. The molecule has 20 heavy (non-hydrogen) atoms. The van der Waals surface area contributed by atoms with Crippen molar-refractivity contribution in [2.24, 2.45) is 5.92 Å². The molecular formula is C15H28O5. The summed E-state index contributed by atoms with van der Waals surface area (Å²) in [5.41, 5.74) is -0.816. The van der Waals surface area contributed by atoms with E-state index < -0.39 is 5.60 Å². The Bertz CT molecular complexity index is 284. The van der Waals surface area contributed by atoms with Crippen LogP contribution in [0.25, 0.3) is 0 Å². The number of ether oxygens (including phenoxy) is 3. The summed E-state index contributed by atoms with van der Waals surface area (Å²) in [4.78, 5) is 11.6. The number of carbonyl (C=O) groups excluding carboxylic acids is 1. The van der Waals surface area contributed by atoms with E-state index in [0.29, 0.717) is 52.1 Å². The standard InChI is InChI=1S/C15H28O5/c1-4-18-10-12(3)20-11-15(17)8-6-13(7-9-15)14(16)19-5-2/h12-13,17H,4-11H2,1-3H3. The predicted molar refractivity (Wildman–Crippen MR) is 75.4 cm³/mol. The zero-order valence-electron chi connectivity index (χ0n) is 12.9. The lowest BCUT2D eigenvalue weighted by atomic mass is 9.79. The summed E-state index contributed by atoms with van der Waals surface area (Å²) in [6.07, 6.45) is 2.47. The van der Waals surface area contributed by atoms with Crippen LogP contribution >= 0.6 is 0 Å². The van der Waals surface area contributed by atoms with Crippen molar-refractivity contribution >= 4 is 5.97 Å². The van der Waals surface area contributed by atoms with Crippen molar-refractivity contribution < 1.29 is 24.1 Å². The molecule has 1 fully saturated rings. The maximum atomic E-state index is 11.6. The number of carbonyl (C=O) groups is 1. The molecule has 0 aromatic heterocycles. The second kappa shape index (κ2) is 8.60. The van der Waals surface area contributed by atoms with E-state index in [4.69, 9.17) is 14.2 Å². The summed E-state index contributed by atoms with van der Waals surface area (Å²) in [5.74, 6) is -0.212. The highest BCUT2D eigenvalue weighted by atomic mass is 16.5. The van der Waals surface area contributed by atoms with Crippen LogP contribution in [-0.2, 0) is 19.0 Å². The summed E-state index contributed by atoms with van der Waals surface area (Å²) >= 11 is 0. The van der Waals surface area contributed by atoms with Crippen LogP contribution in [0.15, 0.2) is 0 Å². The molecule has 0 aliphatic heterocycles. The van der Waals surface area contributed by atoms with Gasteiger partial charge in [0.15, 0.2) is 0 Å². The molecule has 0 spiro atoms. The Labute approximate surface area is 121 Å². The van der Waals surface area contributed by atoms with Gasteiger partial charge in [-0.05, 0) is 46.5 Å². The van der Waals surface area contributed by atoms with Gasteiger partial charge in [0.1, 0.15) is 0 Å². The van der Waals surface area contributed by atoms with E-state index in [1.165, 1.54) is 0 Å². The fraction of sp³-hybridized carbons (Fsp3) is 0.933. The van der Waals surface area contributed by atoms with E-state index in [1.807, 2.05) is 20.8 Å². The first kappa shape index (κ1) is 17.4. The van der Waals surface area contributed by atoms with E-state index in [9.17, 15) is 9.90 Å². The lowest BCUT2D eigenvalue weighted by Crippen LogP contribution is -2.41. The second-order valence-corrected chi connectivity index (χ2v) is 5.53. The predicted octanol–water partition coefficient (Wildman–Crippen LogP) is 1.91. The van der Waals surface area contributed by atoms with Crippen LogP contribution in [0.5, 0.6) is 0 Å². The molecule has 0 saturated heterocycles. The first-order chi connectivity index (χ1) is 9.50. The van der Waals surface area contributed by atoms with Gasteiger partial charge in [-0.2, -0.15) is 0 Å². The number of hydrogen-bond donors (Lipinski definition) is 1. The summed E-state index contributed by atoms with van der Waals surface area (Å²) in [7, 11) is 0. The van der Waals surface area contributed by atoms with Gasteiger partial charge in [0.05, 0.1) is 37.4 Å². The van der Waals surface area contributed by atoms with Gasteiger partial charge in [0, 0.05) is 6.61 Å². The van der Waals surface area contributed by atoms with Crippen LogP contribution in [0.1, 0.15) is 46.5 Å². The van der Waals surface area contributed by atoms with Crippen molar-refractivity contribution in [2.75, 3.05) is 26.4 Å². The summed E-state index contributed by atoms with van der Waals surface area (Å²) in [6.45, 7) is 7.61. The highest BCUT2D eigenvalue weighted by Gasteiger charge is 2.36. The molecule has 1 atom stereocenters. The molecule has 5 nitrogen and oxygen atoms in total. The third-order valence-corrected chi connectivity index (χ3v) is 3.73. The Hall–Kier alpha value is -0.650. The highest BCUT2D eigenvalue weighted by molar-refractivity contribution is 5.72. The van der Waals surface area contributed by atoms with Gasteiger partial charge in [-0.3, -0.25) is 4.79 Å². The van der Waals surface area contributed by atoms with Gasteiger partial charge in [-0.1, -0.05) is 0 Å². The first-order valence-corrected chi connectivity index (χ1v) is 7.59. The Morgan fingerprint density at radius 3 is 2.50 bits per heavy atom. The van der Waals surface area contributed by atoms with Crippen molar-refractivity contribution in [1.82, 2.24) is 0 Å². The SMILES string of the molecule is CCOCC(C)OCC1(O)CCC(C(=O)OCC)CC1. The zero-order valence-corrected chi connectivity index (χ0v) is 12.9. The molecule has 1 unspecified atom stereocenters. The number of aliphatic hydroxyl groups is 1. The molecule has 0 radical (unpaired) electrons. The van der Waals surface area contributed by atoms with Crippen molar-refractivity contribution in [2.45, 2.75) is 58.2 Å². The molecule has 0 bridgehead atoms. The van der Waals surface area contributed by atoms with E-state index in [0.717, 1.165) is 0 Å². The van der Waals surface area contributed by atoms with E-state index >= 15 is 0 Å². The lowest BCUT2D eigenvalue weighted by molar-refractivity contribution is -0.153. The fourth-order valence-corrected chi connectivity index (χ4v) is 2.42. The summed E-state index contributed by atoms with van der Waals surface area (Å²) in [6, 6.07) is 0. The molecule has 1 aliphatic carbocycles. The number of rotatable bonds is 8. The molecule has 5 heteroatoms. The van der Waals surface area contributed by atoms with Crippen LogP contribution in [0, 0.1) is 5.92 Å². The van der Waals surface area contributed by atoms with E-state index in [2.05, 4.69) is 0 Å². The van der Waals surface area contributed by atoms with Gasteiger partial charge < -0.3 is 19.3 Å². The van der Waals surface area contributed by atoms with Crippen LogP contribution in [0.4, 0.5) is 0 Å². The van der Waals surface area contributed by atoms with Crippen molar-refractivity contribution in [3.8, 4) is 0 Å². The minimum atomic E-state index is -0.816. The Morgan fingerprint density at radius 1 is 1.30 bits per heavy atom. The van der Waals surface area contributed by atoms with Gasteiger partial charge in [-0.15, -0.1) is 0 Å². The molecule has 118 valence electrons. The van der Waals surface area contributed by atoms with Crippen LogP contribution in [0.2, 0.25) is 0 Å². The normalized spacial score (nSPS) is 28.1. The molecule has 0 aromatic carbocycles. The lowest BCUT2D eigenvalue weighted by Gasteiger charge is -2.35. The van der Waals surface area contributed by atoms with Gasteiger partial charge in [0.2, 0.25) is 0 Å². The van der Waals surface area contributed by atoms with Gasteiger partial charge in [0.25, 0.3) is 0 Å². The van der Waals surface area contributed by atoms with Crippen LogP contribution in [0.3, 0.4) is 0 Å². The largest absolute Gasteiger partial charge is 0.466 e. The number of hydrogen-bond acceptors (Lipinski definition) is 5. The monoisotopic (exact) mass is 288 g/mol. The van der Waals surface area contributed by atoms with Crippen LogP contribution in [-0.4, -0.2) is 49.2 Å². The smallest absolute Gasteiger partial charge is 0.308 e. The van der Waals surface area contributed by atoms with Crippen molar-refractivity contribution in [3.05, 3.63) is 0 Å². The third-order valence-electron chi connectivity index (χ3n) is 3.73. The molecule has 1 rings (SSSR count). The summed E-state index contributed by atoms with van der Waals surface area (Å²) < 4.78 is 15.9. The van der Waals surface area contributed by atoms with E-state index in [-0.39, 0.29) is 18.0 Å². The Morgan fingerprint density at radius 2 is 1.95 bits per heavy atom. The number of esters is 1. The molecule has 1 N–H and O–H groups in total. The molecular weight excluding hydrogens is 260 g/mol. The molecule has 0 heterocycles. The van der Waals surface area contributed by atoms with Gasteiger partial charge >= 0.3 is 5.97 Å². The minimum Gasteiger partial charge on any atom is -0.466 e. The topological polar surface area (TPSA) is 65.0 Å². The molecule has 0 aromatic rings. The first-order valence-electron chi connectivity index (χ1n) is 7.59. The average molecular weight is 288 g/mol. The second-order valence-electron chi connectivity index (χ2n) is 5.53. The molecule has 0 amide bonds. The minimum absolute atomic E-state index is 0.0262. The Kier molecular flexibility index (Phi) is 7.48. The van der Waals surface area contributed by atoms with Gasteiger partial charge in [-0.25, -0.2) is 0 Å². The van der Waals surface area contributed by atoms with Crippen molar-refractivity contribution in [1.29, 1.82) is 0 Å². The maximum Gasteiger partial charge on any atom is 0.308 e. The zero-order chi connectivity index (χ0) is 15.0. The average Bonchev–Trinajstić information content (AvgIpc) is 2.44. The highest BCUT2D eigenvalue weighted by Crippen LogP contribution is 2.33. The van der Waals surface area contributed by atoms with Crippen LogP contribution < -0.4 is 0 Å². The quantitative estimate of drug-likeness (QED) is 0.691. The maximum absolute atomic E-state index is 11.6.